The smallest absolute Gasteiger partial charge is 0.369 e. The Labute approximate surface area is 114 Å². The molecule has 20 heavy (non-hydrogen) atoms. The highest BCUT2D eigenvalue weighted by Crippen LogP contribution is 2.34. The molecule has 1 saturated heterocycles. The Morgan fingerprint density at radius 1 is 1.20 bits per heavy atom. The van der Waals surface area contributed by atoms with Gasteiger partial charge in [0.25, 0.3) is 0 Å². The lowest BCUT2D eigenvalue weighted by Crippen LogP contribution is -2.40. The van der Waals surface area contributed by atoms with Gasteiger partial charge in [0.1, 0.15) is 0 Å². The molecule has 0 amide bonds. The van der Waals surface area contributed by atoms with Crippen molar-refractivity contribution in [3.05, 3.63) is 29.3 Å². The van der Waals surface area contributed by atoms with Gasteiger partial charge in [-0.15, -0.1) is 0 Å². The molecule has 1 fully saturated rings. The van der Waals surface area contributed by atoms with Crippen LogP contribution >= 0.6 is 0 Å². The summed E-state index contributed by atoms with van der Waals surface area (Å²) in [6.45, 7) is 0.317. The summed E-state index contributed by atoms with van der Waals surface area (Å²) in [5.41, 5.74) is -1.15. The summed E-state index contributed by atoms with van der Waals surface area (Å²) in [6.07, 6.45) is -4.61. The normalized spacial score (nSPS) is 18.6. The van der Waals surface area contributed by atoms with Crippen LogP contribution in [0.25, 0.3) is 0 Å². The number of halogens is 3. The van der Waals surface area contributed by atoms with Gasteiger partial charge in [-0.05, 0) is 18.2 Å². The number of sulfone groups is 1. The Bertz CT molecular complexity index is 648. The average Bonchev–Trinajstić information content (AvgIpc) is 2.37. The van der Waals surface area contributed by atoms with Gasteiger partial charge >= 0.3 is 6.18 Å². The van der Waals surface area contributed by atoms with Crippen molar-refractivity contribution in [2.45, 2.75) is 6.18 Å². The average molecular weight is 304 g/mol. The molecular formula is C12H11F3N2O2S. The number of anilines is 1. The molecule has 0 aromatic heterocycles. The van der Waals surface area contributed by atoms with Crippen molar-refractivity contribution in [2.75, 3.05) is 29.5 Å². The quantitative estimate of drug-likeness (QED) is 0.794. The third-order valence-electron chi connectivity index (χ3n) is 3.14. The van der Waals surface area contributed by atoms with E-state index >= 15 is 0 Å². The summed E-state index contributed by atoms with van der Waals surface area (Å²) in [7, 11) is -3.09. The molecule has 0 bridgehead atoms. The van der Waals surface area contributed by atoms with Gasteiger partial charge in [0.2, 0.25) is 0 Å². The van der Waals surface area contributed by atoms with Crippen LogP contribution in [0, 0.1) is 11.3 Å². The van der Waals surface area contributed by atoms with Crippen molar-refractivity contribution in [2.24, 2.45) is 0 Å². The van der Waals surface area contributed by atoms with E-state index in [1.54, 1.807) is 4.90 Å². The van der Waals surface area contributed by atoms with Gasteiger partial charge in [0.05, 0.1) is 28.7 Å². The molecule has 0 aliphatic carbocycles. The fraction of sp³-hybridized carbons (Fsp3) is 0.417. The third-order valence-corrected chi connectivity index (χ3v) is 4.75. The largest absolute Gasteiger partial charge is 0.417 e. The van der Waals surface area contributed by atoms with Gasteiger partial charge in [-0.3, -0.25) is 0 Å². The maximum atomic E-state index is 12.8. The molecule has 1 heterocycles. The second-order valence-electron chi connectivity index (χ2n) is 4.48. The van der Waals surface area contributed by atoms with Gasteiger partial charge in [-0.2, -0.15) is 18.4 Å². The maximum Gasteiger partial charge on any atom is 0.417 e. The number of alkyl halides is 3. The van der Waals surface area contributed by atoms with Crippen molar-refractivity contribution in [3.8, 4) is 6.07 Å². The van der Waals surface area contributed by atoms with E-state index in [0.29, 0.717) is 0 Å². The summed E-state index contributed by atoms with van der Waals surface area (Å²) in [4.78, 5) is 1.58. The van der Waals surface area contributed by atoms with E-state index in [-0.39, 0.29) is 30.3 Å². The minimum absolute atomic E-state index is 0.0750. The van der Waals surface area contributed by atoms with Crippen molar-refractivity contribution in [1.29, 1.82) is 5.26 Å². The summed E-state index contributed by atoms with van der Waals surface area (Å²) >= 11 is 0. The zero-order valence-electron chi connectivity index (χ0n) is 10.3. The van der Waals surface area contributed by atoms with Gasteiger partial charge in [0.15, 0.2) is 9.84 Å². The van der Waals surface area contributed by atoms with Crippen LogP contribution < -0.4 is 4.90 Å². The highest BCUT2D eigenvalue weighted by Gasteiger charge is 2.34. The topological polar surface area (TPSA) is 61.2 Å². The van der Waals surface area contributed by atoms with E-state index in [2.05, 4.69) is 0 Å². The van der Waals surface area contributed by atoms with Gasteiger partial charge in [-0.1, -0.05) is 0 Å². The predicted octanol–water partition coefficient (Wildman–Crippen LogP) is 1.81. The molecule has 8 heteroatoms. The van der Waals surface area contributed by atoms with Crippen LogP contribution in [-0.2, 0) is 16.0 Å². The van der Waals surface area contributed by atoms with Crippen molar-refractivity contribution in [3.63, 3.8) is 0 Å². The molecule has 108 valence electrons. The molecule has 4 nitrogen and oxygen atoms in total. The molecule has 0 radical (unpaired) electrons. The van der Waals surface area contributed by atoms with Gasteiger partial charge < -0.3 is 4.90 Å². The Morgan fingerprint density at radius 2 is 1.80 bits per heavy atom. The van der Waals surface area contributed by atoms with Crippen molar-refractivity contribution < 1.29 is 21.6 Å². The van der Waals surface area contributed by atoms with Crippen molar-refractivity contribution in [1.82, 2.24) is 0 Å². The number of hydrogen-bond acceptors (Lipinski definition) is 4. The van der Waals surface area contributed by atoms with Crippen LogP contribution in [0.4, 0.5) is 18.9 Å². The van der Waals surface area contributed by atoms with E-state index in [9.17, 15) is 21.6 Å². The fourth-order valence-corrected chi connectivity index (χ4v) is 3.23. The second-order valence-corrected chi connectivity index (χ2v) is 6.78. The van der Waals surface area contributed by atoms with Crippen LogP contribution in [0.2, 0.25) is 0 Å². The van der Waals surface area contributed by atoms with E-state index < -0.39 is 27.1 Å². The number of benzene rings is 1. The molecule has 0 atom stereocenters. The molecule has 0 unspecified atom stereocenters. The van der Waals surface area contributed by atoms with E-state index in [1.165, 1.54) is 12.1 Å². The Balaban J connectivity index is 2.33. The number of hydrogen-bond donors (Lipinski definition) is 0. The molecule has 1 aromatic rings. The first-order valence-corrected chi connectivity index (χ1v) is 7.62. The standard InChI is InChI=1S/C12H11F3N2O2S/c13-12(14,15)11-7-10(2-1-9(11)8-16)17-3-5-20(18,19)6-4-17/h1-2,7H,3-6H2. The molecule has 0 saturated carbocycles. The molecular weight excluding hydrogens is 293 g/mol. The first-order valence-electron chi connectivity index (χ1n) is 5.80. The zero-order valence-corrected chi connectivity index (χ0v) is 11.1. The van der Waals surface area contributed by atoms with Crippen molar-refractivity contribution >= 4 is 15.5 Å². The lowest BCUT2D eigenvalue weighted by atomic mass is 10.1. The molecule has 0 N–H and O–H groups in total. The van der Waals surface area contributed by atoms with E-state index in [4.69, 9.17) is 5.26 Å². The number of nitriles is 1. The molecule has 2 rings (SSSR count). The summed E-state index contributed by atoms with van der Waals surface area (Å²) in [5, 5.41) is 8.71. The van der Waals surface area contributed by atoms with Crippen LogP contribution in [-0.4, -0.2) is 33.0 Å². The summed E-state index contributed by atoms with van der Waals surface area (Å²) in [6, 6.07) is 4.93. The lowest BCUT2D eigenvalue weighted by molar-refractivity contribution is -0.137. The first-order chi connectivity index (χ1) is 9.23. The lowest BCUT2D eigenvalue weighted by Gasteiger charge is -2.29. The molecule has 1 aliphatic rings. The summed E-state index contributed by atoms with van der Waals surface area (Å²) in [5.74, 6) is -0.150. The minimum atomic E-state index is -4.61. The highest BCUT2D eigenvalue weighted by molar-refractivity contribution is 7.91. The highest BCUT2D eigenvalue weighted by atomic mass is 32.2. The van der Waals surface area contributed by atoms with Crippen LogP contribution in [0.15, 0.2) is 18.2 Å². The Kier molecular flexibility index (Phi) is 3.65. The van der Waals surface area contributed by atoms with Crippen LogP contribution in [0.1, 0.15) is 11.1 Å². The Morgan fingerprint density at radius 3 is 2.30 bits per heavy atom. The van der Waals surface area contributed by atoms with Gasteiger partial charge in [-0.25, -0.2) is 8.42 Å². The summed E-state index contributed by atoms with van der Waals surface area (Å²) < 4.78 is 61.1. The third kappa shape index (κ3) is 3.04. The second kappa shape index (κ2) is 4.98. The number of rotatable bonds is 1. The predicted molar refractivity (Wildman–Crippen MR) is 67.0 cm³/mol. The van der Waals surface area contributed by atoms with Crippen LogP contribution in [0.3, 0.4) is 0 Å². The fourth-order valence-electron chi connectivity index (χ4n) is 2.03. The SMILES string of the molecule is N#Cc1ccc(N2CCS(=O)(=O)CC2)cc1C(F)(F)F. The maximum absolute atomic E-state index is 12.8. The van der Waals surface area contributed by atoms with E-state index in [1.807, 2.05) is 0 Å². The monoisotopic (exact) mass is 304 g/mol. The first kappa shape index (κ1) is 14.7. The molecule has 1 aliphatic heterocycles. The van der Waals surface area contributed by atoms with E-state index in [0.717, 1.165) is 12.1 Å². The van der Waals surface area contributed by atoms with Crippen LogP contribution in [0.5, 0.6) is 0 Å². The minimum Gasteiger partial charge on any atom is -0.369 e. The Hall–Kier alpha value is -1.75. The number of nitrogens with zero attached hydrogens (tertiary/aromatic N) is 2. The van der Waals surface area contributed by atoms with Gasteiger partial charge in [0, 0.05) is 18.8 Å². The molecule has 0 spiro atoms. The molecule has 1 aromatic carbocycles. The zero-order chi connectivity index (χ0) is 15.0.